The Hall–Kier alpha value is -3.01. The van der Waals surface area contributed by atoms with Gasteiger partial charge in [0.1, 0.15) is 0 Å². The van der Waals surface area contributed by atoms with Crippen molar-refractivity contribution in [2.75, 3.05) is 6.61 Å². The van der Waals surface area contributed by atoms with Crippen LogP contribution >= 0.6 is 0 Å². The Morgan fingerprint density at radius 3 is 2.36 bits per heavy atom. The van der Waals surface area contributed by atoms with E-state index < -0.39 is 0 Å². The summed E-state index contributed by atoms with van der Waals surface area (Å²) >= 11 is 0. The fraction of sp³-hybridized carbons (Fsp3) is 0.300. The number of benzene rings is 3. The van der Waals surface area contributed by atoms with Crippen LogP contribution in [-0.4, -0.2) is 28.9 Å². The van der Waals surface area contributed by atoms with Gasteiger partial charge in [-0.15, -0.1) is 0 Å². The molecule has 3 atom stereocenters. The highest BCUT2D eigenvalue weighted by Crippen LogP contribution is 2.36. The topological polar surface area (TPSA) is 42.4 Å². The summed E-state index contributed by atoms with van der Waals surface area (Å²) in [6.45, 7) is 8.78. The molecule has 3 nitrogen and oxygen atoms in total. The van der Waals surface area contributed by atoms with Crippen molar-refractivity contribution < 1.29 is 9.84 Å². The lowest BCUT2D eigenvalue weighted by atomic mass is 9.89. The fourth-order valence-electron chi connectivity index (χ4n) is 4.56. The Morgan fingerprint density at radius 2 is 1.61 bits per heavy atom. The third-order valence-electron chi connectivity index (χ3n) is 6.20. The number of nitrogens with zero attached hydrogens (tertiary/aromatic N) is 1. The number of hydrogen-bond acceptors (Lipinski definition) is 3. The van der Waals surface area contributed by atoms with Crippen LogP contribution in [0, 0.1) is 6.92 Å². The first-order chi connectivity index (χ1) is 15.9. The molecule has 3 heteroatoms. The van der Waals surface area contributed by atoms with Crippen LogP contribution in [0.25, 0.3) is 33.3 Å². The molecule has 0 saturated heterocycles. The van der Waals surface area contributed by atoms with E-state index in [1.165, 1.54) is 27.8 Å². The molecule has 4 aromatic rings. The predicted molar refractivity (Wildman–Crippen MR) is 137 cm³/mol. The highest BCUT2D eigenvalue weighted by Gasteiger charge is 2.18. The van der Waals surface area contributed by atoms with E-state index in [2.05, 4.69) is 80.6 Å². The lowest BCUT2D eigenvalue weighted by molar-refractivity contribution is 0.0236. The number of para-hydroxylation sites is 1. The van der Waals surface area contributed by atoms with Crippen molar-refractivity contribution in [3.05, 3.63) is 90.0 Å². The smallest absolute Gasteiger partial charge is 0.0721 e. The van der Waals surface area contributed by atoms with Crippen LogP contribution in [0.2, 0.25) is 0 Å². The van der Waals surface area contributed by atoms with Gasteiger partial charge in [0.05, 0.1) is 30.0 Å². The highest BCUT2D eigenvalue weighted by atomic mass is 16.5. The zero-order valence-corrected chi connectivity index (χ0v) is 20.0. The molecule has 0 spiro atoms. The van der Waals surface area contributed by atoms with Crippen molar-refractivity contribution in [2.24, 2.45) is 0 Å². The summed E-state index contributed by atoms with van der Waals surface area (Å²) in [4.78, 5) is 5.10. The van der Waals surface area contributed by atoms with Gasteiger partial charge < -0.3 is 9.84 Å². The number of aryl methyl sites for hydroxylation is 1. The third-order valence-corrected chi connectivity index (χ3v) is 6.20. The van der Waals surface area contributed by atoms with Gasteiger partial charge in [-0.2, -0.15) is 0 Å². The standard InChI is InChI=1S/C30H33NO2/c1-20-11-10-15-25(21(2)19-33-23(4)17-22(3)32)30(20)29-18-27(24-12-6-5-7-13-24)26-14-8-9-16-28(26)31-29/h5-16,18,21-23,32H,17,19H2,1-4H3. The SMILES string of the molecule is Cc1cccc(C(C)COC(C)CC(C)O)c1-c1cc(-c2ccccc2)c2ccccc2n1. The first-order valence-corrected chi connectivity index (χ1v) is 11.8. The summed E-state index contributed by atoms with van der Waals surface area (Å²) in [6, 6.07) is 27.6. The van der Waals surface area contributed by atoms with Gasteiger partial charge in [0.15, 0.2) is 0 Å². The Balaban J connectivity index is 1.78. The van der Waals surface area contributed by atoms with Crippen LogP contribution < -0.4 is 0 Å². The molecule has 0 fully saturated rings. The lowest BCUT2D eigenvalue weighted by Crippen LogP contribution is -2.18. The number of aliphatic hydroxyl groups excluding tert-OH is 1. The molecule has 170 valence electrons. The Labute approximate surface area is 197 Å². The summed E-state index contributed by atoms with van der Waals surface area (Å²) < 4.78 is 6.08. The minimum Gasteiger partial charge on any atom is -0.393 e. The molecule has 0 bridgehead atoms. The zero-order chi connectivity index (χ0) is 23.4. The number of pyridine rings is 1. The summed E-state index contributed by atoms with van der Waals surface area (Å²) in [5.41, 5.74) is 8.00. The van der Waals surface area contributed by atoms with Crippen molar-refractivity contribution in [1.29, 1.82) is 0 Å². The molecular weight excluding hydrogens is 406 g/mol. The zero-order valence-electron chi connectivity index (χ0n) is 20.0. The second kappa shape index (κ2) is 10.3. The Kier molecular flexibility index (Phi) is 7.22. The molecule has 0 amide bonds. The number of aromatic nitrogens is 1. The highest BCUT2D eigenvalue weighted by molar-refractivity contribution is 5.97. The van der Waals surface area contributed by atoms with Gasteiger partial charge in [0, 0.05) is 16.9 Å². The first kappa shape index (κ1) is 23.2. The number of rotatable bonds is 8. The fourth-order valence-corrected chi connectivity index (χ4v) is 4.56. The van der Waals surface area contributed by atoms with E-state index in [1.807, 2.05) is 19.1 Å². The maximum absolute atomic E-state index is 9.65. The predicted octanol–water partition coefficient (Wildman–Crippen LogP) is 7.16. The number of aliphatic hydroxyl groups is 1. The molecule has 0 radical (unpaired) electrons. The summed E-state index contributed by atoms with van der Waals surface area (Å²) in [6.07, 6.45) is 0.298. The Morgan fingerprint density at radius 1 is 0.879 bits per heavy atom. The Bertz CT molecular complexity index is 1220. The van der Waals surface area contributed by atoms with Gasteiger partial charge >= 0.3 is 0 Å². The molecule has 0 aliphatic rings. The first-order valence-electron chi connectivity index (χ1n) is 11.8. The normalized spacial score (nSPS) is 14.2. The summed E-state index contributed by atoms with van der Waals surface area (Å²) in [5, 5.41) is 10.8. The maximum atomic E-state index is 9.65. The molecule has 1 heterocycles. The van der Waals surface area contributed by atoms with Crippen molar-refractivity contribution >= 4 is 10.9 Å². The van der Waals surface area contributed by atoms with Gasteiger partial charge in [-0.1, -0.05) is 73.7 Å². The van der Waals surface area contributed by atoms with Crippen molar-refractivity contribution in [1.82, 2.24) is 4.98 Å². The van der Waals surface area contributed by atoms with Crippen LogP contribution in [-0.2, 0) is 4.74 Å². The average Bonchev–Trinajstić information content (AvgIpc) is 2.81. The minimum atomic E-state index is -0.358. The van der Waals surface area contributed by atoms with Crippen LogP contribution in [0.3, 0.4) is 0 Å². The molecule has 0 saturated carbocycles. The number of fused-ring (bicyclic) bond motifs is 1. The van der Waals surface area contributed by atoms with Crippen molar-refractivity contribution in [2.45, 2.75) is 52.2 Å². The van der Waals surface area contributed by atoms with Gasteiger partial charge in [-0.3, -0.25) is 0 Å². The van der Waals surface area contributed by atoms with E-state index in [9.17, 15) is 5.11 Å². The van der Waals surface area contributed by atoms with Gasteiger partial charge in [-0.25, -0.2) is 4.98 Å². The van der Waals surface area contributed by atoms with Crippen LogP contribution in [0.15, 0.2) is 78.9 Å². The molecule has 1 N–H and O–H groups in total. The second-order valence-corrected chi connectivity index (χ2v) is 9.11. The van der Waals surface area contributed by atoms with Gasteiger partial charge in [-0.05, 0) is 61.6 Å². The monoisotopic (exact) mass is 439 g/mol. The van der Waals surface area contributed by atoms with E-state index in [-0.39, 0.29) is 18.1 Å². The maximum Gasteiger partial charge on any atom is 0.0721 e. The average molecular weight is 440 g/mol. The largest absolute Gasteiger partial charge is 0.393 e. The molecular formula is C30H33NO2. The van der Waals surface area contributed by atoms with Crippen LogP contribution in [0.4, 0.5) is 0 Å². The molecule has 0 aliphatic heterocycles. The van der Waals surface area contributed by atoms with Crippen LogP contribution in [0.5, 0.6) is 0 Å². The molecule has 3 unspecified atom stereocenters. The van der Waals surface area contributed by atoms with E-state index in [1.54, 1.807) is 6.92 Å². The van der Waals surface area contributed by atoms with Crippen LogP contribution in [0.1, 0.15) is 44.2 Å². The molecule has 4 rings (SSSR count). The quantitative estimate of drug-likeness (QED) is 0.317. The molecule has 3 aromatic carbocycles. The summed E-state index contributed by atoms with van der Waals surface area (Å²) in [7, 11) is 0. The van der Waals surface area contributed by atoms with E-state index in [0.29, 0.717) is 13.0 Å². The third kappa shape index (κ3) is 5.32. The van der Waals surface area contributed by atoms with Gasteiger partial charge in [0.2, 0.25) is 0 Å². The van der Waals surface area contributed by atoms with Crippen molar-refractivity contribution in [3.8, 4) is 22.4 Å². The van der Waals surface area contributed by atoms with E-state index in [0.717, 1.165) is 16.6 Å². The number of ether oxygens (including phenoxy) is 1. The molecule has 1 aromatic heterocycles. The van der Waals surface area contributed by atoms with Crippen molar-refractivity contribution in [3.63, 3.8) is 0 Å². The van der Waals surface area contributed by atoms with Gasteiger partial charge in [0.25, 0.3) is 0 Å². The number of hydrogen-bond donors (Lipinski definition) is 1. The lowest BCUT2D eigenvalue weighted by Gasteiger charge is -2.22. The summed E-state index contributed by atoms with van der Waals surface area (Å²) in [5.74, 6) is 0.199. The molecule has 33 heavy (non-hydrogen) atoms. The second-order valence-electron chi connectivity index (χ2n) is 9.11. The minimum absolute atomic E-state index is 0.0178. The molecule has 0 aliphatic carbocycles. The van der Waals surface area contributed by atoms with E-state index >= 15 is 0 Å². The van der Waals surface area contributed by atoms with E-state index in [4.69, 9.17) is 9.72 Å².